The van der Waals surface area contributed by atoms with E-state index in [0.717, 1.165) is 27.2 Å². The number of nitrogens with zero attached hydrogens (tertiary/aromatic N) is 2. The molecule has 1 aliphatic rings. The number of carbonyl (C=O) groups excluding carboxylic acids is 1. The molecule has 3 aromatic rings. The van der Waals surface area contributed by atoms with Gasteiger partial charge in [-0.15, -0.1) is 23.0 Å². The summed E-state index contributed by atoms with van der Waals surface area (Å²) in [5.74, 6) is 1.20. The molecule has 1 aromatic heterocycles. The van der Waals surface area contributed by atoms with E-state index in [4.69, 9.17) is 9.47 Å². The van der Waals surface area contributed by atoms with Crippen LogP contribution in [0, 0.1) is 0 Å². The summed E-state index contributed by atoms with van der Waals surface area (Å²) in [5.41, 5.74) is 5.10. The molecule has 8 heteroatoms. The van der Waals surface area contributed by atoms with Gasteiger partial charge in [-0.2, -0.15) is 0 Å². The fraction of sp³-hybridized carbons (Fsp3) is 0.143. The third-order valence-corrected chi connectivity index (χ3v) is 5.64. The minimum atomic E-state index is -0.272. The quantitative estimate of drug-likeness (QED) is 0.448. The molecule has 29 heavy (non-hydrogen) atoms. The van der Waals surface area contributed by atoms with Gasteiger partial charge in [-0.05, 0) is 36.4 Å². The second-order valence-corrected chi connectivity index (χ2v) is 7.98. The lowest BCUT2D eigenvalue weighted by Crippen LogP contribution is -2.24. The Bertz CT molecular complexity index is 1140. The van der Waals surface area contributed by atoms with E-state index in [0.29, 0.717) is 30.1 Å². The number of aromatic nitrogens is 1. The molecule has 0 aliphatic carbocycles. The van der Waals surface area contributed by atoms with Crippen molar-refractivity contribution >= 4 is 33.2 Å². The molecule has 2 aromatic carbocycles. The highest BCUT2D eigenvalue weighted by Crippen LogP contribution is 2.34. The molecule has 1 N–H and O–H groups in total. The van der Waals surface area contributed by atoms with E-state index >= 15 is 0 Å². The Morgan fingerprint density at radius 1 is 1.24 bits per heavy atom. The lowest BCUT2D eigenvalue weighted by Gasteiger charge is -2.19. The summed E-state index contributed by atoms with van der Waals surface area (Å²) in [4.78, 5) is 13.1. The lowest BCUT2D eigenvalue weighted by molar-refractivity contribution is 0.0953. The van der Waals surface area contributed by atoms with Gasteiger partial charge < -0.3 is 14.0 Å². The molecule has 148 valence electrons. The SMILES string of the molecule is C=CCn1c(-c2ccc3c(c2)OCCO3)cs/c1=N/NC(=O)c1cccc(Br)c1. The Kier molecular flexibility index (Phi) is 5.82. The summed E-state index contributed by atoms with van der Waals surface area (Å²) in [7, 11) is 0. The van der Waals surface area contributed by atoms with Crippen molar-refractivity contribution < 1.29 is 14.3 Å². The Hall–Kier alpha value is -2.84. The average molecular weight is 472 g/mol. The van der Waals surface area contributed by atoms with Crippen molar-refractivity contribution in [3.63, 3.8) is 0 Å². The topological polar surface area (TPSA) is 64.8 Å². The van der Waals surface area contributed by atoms with E-state index in [-0.39, 0.29) is 5.91 Å². The zero-order chi connectivity index (χ0) is 20.2. The number of rotatable bonds is 5. The van der Waals surface area contributed by atoms with Crippen LogP contribution < -0.4 is 19.7 Å². The van der Waals surface area contributed by atoms with Gasteiger partial charge in [0.2, 0.25) is 4.80 Å². The van der Waals surface area contributed by atoms with Gasteiger partial charge >= 0.3 is 0 Å². The second-order valence-electron chi connectivity index (χ2n) is 6.22. The molecule has 0 unspecified atom stereocenters. The highest BCUT2D eigenvalue weighted by atomic mass is 79.9. The summed E-state index contributed by atoms with van der Waals surface area (Å²) in [6.07, 6.45) is 1.80. The molecule has 0 bridgehead atoms. The number of ether oxygens (including phenoxy) is 2. The van der Waals surface area contributed by atoms with E-state index in [1.807, 2.05) is 40.3 Å². The predicted octanol–water partition coefficient (Wildman–Crippen LogP) is 4.18. The van der Waals surface area contributed by atoms with Crippen molar-refractivity contribution in [2.45, 2.75) is 6.54 Å². The smallest absolute Gasteiger partial charge is 0.271 e. The first-order chi connectivity index (χ1) is 14.2. The molecule has 0 atom stereocenters. The summed E-state index contributed by atoms with van der Waals surface area (Å²) in [6, 6.07) is 13.0. The summed E-state index contributed by atoms with van der Waals surface area (Å²) in [6.45, 7) is 5.49. The van der Waals surface area contributed by atoms with Gasteiger partial charge in [-0.1, -0.05) is 28.1 Å². The molecule has 0 saturated carbocycles. The standard InChI is InChI=1S/C21H18BrN3O3S/c1-2-8-25-17(14-6-7-18-19(12-14)28-10-9-27-18)13-29-21(25)24-23-20(26)15-4-3-5-16(22)11-15/h2-7,11-13H,1,8-10H2,(H,23,26)/b24-21+. The number of thiazole rings is 1. The molecule has 0 fully saturated rings. The fourth-order valence-corrected chi connectivity index (χ4v) is 4.23. The third kappa shape index (κ3) is 4.28. The van der Waals surface area contributed by atoms with Crippen molar-refractivity contribution in [1.82, 2.24) is 9.99 Å². The predicted molar refractivity (Wildman–Crippen MR) is 116 cm³/mol. The number of amides is 1. The van der Waals surface area contributed by atoms with Crippen LogP contribution in [0.4, 0.5) is 0 Å². The average Bonchev–Trinajstić information content (AvgIpc) is 3.14. The zero-order valence-electron chi connectivity index (χ0n) is 15.4. The van der Waals surface area contributed by atoms with Crippen molar-refractivity contribution in [1.29, 1.82) is 0 Å². The van der Waals surface area contributed by atoms with Crippen LogP contribution in [0.25, 0.3) is 11.3 Å². The largest absolute Gasteiger partial charge is 0.486 e. The van der Waals surface area contributed by atoms with E-state index in [1.165, 1.54) is 11.3 Å². The number of fused-ring (bicyclic) bond motifs is 1. The third-order valence-electron chi connectivity index (χ3n) is 4.29. The van der Waals surface area contributed by atoms with Crippen LogP contribution >= 0.6 is 27.3 Å². The van der Waals surface area contributed by atoms with Gasteiger partial charge in [0, 0.05) is 27.5 Å². The van der Waals surface area contributed by atoms with Gasteiger partial charge in [0.1, 0.15) is 13.2 Å². The molecule has 1 aliphatic heterocycles. The Morgan fingerprint density at radius 3 is 2.86 bits per heavy atom. The van der Waals surface area contributed by atoms with E-state index in [2.05, 4.69) is 33.0 Å². The van der Waals surface area contributed by atoms with E-state index in [9.17, 15) is 4.79 Å². The number of nitrogens with one attached hydrogen (secondary N) is 1. The maximum Gasteiger partial charge on any atom is 0.271 e. The van der Waals surface area contributed by atoms with Crippen LogP contribution in [0.2, 0.25) is 0 Å². The van der Waals surface area contributed by atoms with Gasteiger partial charge in [0.15, 0.2) is 11.5 Å². The maximum atomic E-state index is 12.4. The first-order valence-corrected chi connectivity index (χ1v) is 10.6. The second kappa shape index (κ2) is 8.67. The molecule has 6 nitrogen and oxygen atoms in total. The Balaban J connectivity index is 1.65. The molecule has 0 spiro atoms. The van der Waals surface area contributed by atoms with Crippen molar-refractivity contribution in [2.24, 2.45) is 5.10 Å². The minimum Gasteiger partial charge on any atom is -0.486 e. The van der Waals surface area contributed by atoms with Crippen molar-refractivity contribution in [3.05, 3.63) is 75.3 Å². The normalized spacial score (nSPS) is 13.2. The zero-order valence-corrected chi connectivity index (χ0v) is 17.8. The van der Waals surface area contributed by atoms with Crippen LogP contribution in [-0.4, -0.2) is 23.7 Å². The summed E-state index contributed by atoms with van der Waals surface area (Å²) >= 11 is 4.81. The van der Waals surface area contributed by atoms with Crippen molar-refractivity contribution in [2.75, 3.05) is 13.2 Å². The highest BCUT2D eigenvalue weighted by molar-refractivity contribution is 9.10. The monoisotopic (exact) mass is 471 g/mol. The number of halogens is 1. The molecular formula is C21H18BrN3O3S. The van der Waals surface area contributed by atoms with Gasteiger partial charge in [0.05, 0.1) is 5.69 Å². The summed E-state index contributed by atoms with van der Waals surface area (Å²) in [5, 5.41) is 6.33. The van der Waals surface area contributed by atoms with Crippen LogP contribution in [0.5, 0.6) is 11.5 Å². The molecular weight excluding hydrogens is 454 g/mol. The lowest BCUT2D eigenvalue weighted by atomic mass is 10.1. The maximum absolute atomic E-state index is 12.4. The Morgan fingerprint density at radius 2 is 2.07 bits per heavy atom. The molecule has 0 saturated heterocycles. The number of allylic oxidation sites excluding steroid dienone is 1. The molecule has 1 amide bonds. The van der Waals surface area contributed by atoms with Crippen LogP contribution in [-0.2, 0) is 6.54 Å². The van der Waals surface area contributed by atoms with Crippen LogP contribution in [0.15, 0.2) is 70.1 Å². The van der Waals surface area contributed by atoms with Crippen LogP contribution in [0.1, 0.15) is 10.4 Å². The van der Waals surface area contributed by atoms with Gasteiger partial charge in [-0.25, -0.2) is 5.43 Å². The number of benzene rings is 2. The molecule has 2 heterocycles. The molecule has 0 radical (unpaired) electrons. The highest BCUT2D eigenvalue weighted by Gasteiger charge is 2.15. The first-order valence-electron chi connectivity index (χ1n) is 8.94. The summed E-state index contributed by atoms with van der Waals surface area (Å²) < 4.78 is 14.1. The number of hydrogen-bond acceptors (Lipinski definition) is 5. The first kappa shape index (κ1) is 19.5. The number of hydrogen-bond donors (Lipinski definition) is 1. The van der Waals surface area contributed by atoms with Crippen LogP contribution in [0.3, 0.4) is 0 Å². The minimum absolute atomic E-state index is 0.272. The van der Waals surface area contributed by atoms with Gasteiger partial charge in [0.25, 0.3) is 5.91 Å². The Labute approximate surface area is 180 Å². The number of carbonyl (C=O) groups is 1. The van der Waals surface area contributed by atoms with Crippen molar-refractivity contribution in [3.8, 4) is 22.8 Å². The fourth-order valence-electron chi connectivity index (χ4n) is 2.95. The van der Waals surface area contributed by atoms with Gasteiger partial charge in [-0.3, -0.25) is 4.79 Å². The molecule has 4 rings (SSSR count). The van der Waals surface area contributed by atoms with E-state index in [1.54, 1.807) is 18.2 Å². The van der Waals surface area contributed by atoms with E-state index < -0.39 is 0 Å².